The molecule has 0 atom stereocenters. The van der Waals surface area contributed by atoms with Crippen LogP contribution in [0.1, 0.15) is 5.56 Å². The molecule has 2 aromatic carbocycles. The molecule has 4 rings (SSSR count). The molecule has 0 aliphatic rings. The van der Waals surface area contributed by atoms with E-state index in [4.69, 9.17) is 9.47 Å². The van der Waals surface area contributed by atoms with E-state index < -0.39 is 11.2 Å². The lowest BCUT2D eigenvalue weighted by Crippen LogP contribution is -2.36. The third-order valence-electron chi connectivity index (χ3n) is 5.36. The lowest BCUT2D eigenvalue weighted by Gasteiger charge is -2.07. The highest BCUT2D eigenvalue weighted by Crippen LogP contribution is 2.28. The highest BCUT2D eigenvalue weighted by atomic mass is 16.5. The smallest absolute Gasteiger partial charge is 0.332 e. The predicted octanol–water partition coefficient (Wildman–Crippen LogP) is 2.30. The van der Waals surface area contributed by atoms with Crippen molar-refractivity contribution in [2.75, 3.05) is 19.5 Å². The van der Waals surface area contributed by atoms with Crippen molar-refractivity contribution in [1.82, 2.24) is 19.1 Å². The van der Waals surface area contributed by atoms with Crippen molar-refractivity contribution in [2.45, 2.75) is 0 Å². The Morgan fingerprint density at radius 2 is 1.71 bits per heavy atom. The topological polar surface area (TPSA) is 120 Å². The second kappa shape index (κ2) is 9.10. The number of hydrogen-bond acceptors (Lipinski definition) is 6. The second-order valence-corrected chi connectivity index (χ2v) is 7.50. The van der Waals surface area contributed by atoms with Gasteiger partial charge in [0.25, 0.3) is 5.56 Å². The average molecular weight is 461 g/mol. The Bertz CT molecular complexity index is 1530. The zero-order valence-electron chi connectivity index (χ0n) is 19.1. The maximum atomic E-state index is 12.4. The van der Waals surface area contributed by atoms with Crippen LogP contribution in [0.5, 0.6) is 11.5 Å². The molecule has 0 saturated heterocycles. The summed E-state index contributed by atoms with van der Waals surface area (Å²) in [7, 11) is 6.09. The summed E-state index contributed by atoms with van der Waals surface area (Å²) in [4.78, 5) is 44.2. The van der Waals surface area contributed by atoms with Gasteiger partial charge < -0.3 is 19.8 Å². The normalized spacial score (nSPS) is 11.2. The summed E-state index contributed by atoms with van der Waals surface area (Å²) in [5, 5.41) is 2.79. The van der Waals surface area contributed by atoms with E-state index in [-0.39, 0.29) is 17.1 Å². The van der Waals surface area contributed by atoms with Gasteiger partial charge in [-0.3, -0.25) is 18.7 Å². The molecule has 10 nitrogen and oxygen atoms in total. The number of benzene rings is 2. The van der Waals surface area contributed by atoms with Crippen molar-refractivity contribution in [2.24, 2.45) is 14.1 Å². The predicted molar refractivity (Wildman–Crippen MR) is 129 cm³/mol. The number of ether oxygens (including phenoxy) is 2. The Balaban J connectivity index is 1.50. The first kappa shape index (κ1) is 22.6. The Morgan fingerprint density at radius 1 is 1.00 bits per heavy atom. The number of aromatic nitrogens is 4. The van der Waals surface area contributed by atoms with E-state index in [2.05, 4.69) is 15.3 Å². The summed E-state index contributed by atoms with van der Waals surface area (Å²) in [5.74, 6) is 1.32. The lowest BCUT2D eigenvalue weighted by atomic mass is 10.1. The van der Waals surface area contributed by atoms with Gasteiger partial charge in [0.2, 0.25) is 5.91 Å². The Kier molecular flexibility index (Phi) is 6.05. The minimum atomic E-state index is -0.449. The zero-order valence-corrected chi connectivity index (χ0v) is 19.1. The van der Waals surface area contributed by atoms with Gasteiger partial charge >= 0.3 is 5.69 Å². The number of H-pyrrole nitrogens is 1. The fraction of sp³-hybridized carbons (Fsp3) is 0.167. The number of methoxy groups -OCH3 is 2. The maximum absolute atomic E-state index is 12.4. The number of aromatic amines is 1. The van der Waals surface area contributed by atoms with Crippen molar-refractivity contribution in [3.8, 4) is 22.9 Å². The molecule has 34 heavy (non-hydrogen) atoms. The van der Waals surface area contributed by atoms with Gasteiger partial charge in [0.1, 0.15) is 11.3 Å². The summed E-state index contributed by atoms with van der Waals surface area (Å²) < 4.78 is 12.8. The molecule has 0 bridgehead atoms. The quantitative estimate of drug-likeness (QED) is 0.425. The number of imidazole rings is 1. The first-order valence-electron chi connectivity index (χ1n) is 10.3. The molecule has 0 spiro atoms. The number of anilines is 1. The van der Waals surface area contributed by atoms with E-state index in [1.54, 1.807) is 63.7 Å². The summed E-state index contributed by atoms with van der Waals surface area (Å²) in [6, 6.07) is 12.3. The van der Waals surface area contributed by atoms with Crippen molar-refractivity contribution >= 4 is 28.8 Å². The summed E-state index contributed by atoms with van der Waals surface area (Å²) in [6.07, 6.45) is 3.09. The molecule has 0 fully saturated rings. The van der Waals surface area contributed by atoms with Crippen LogP contribution in [0.2, 0.25) is 0 Å². The summed E-state index contributed by atoms with van der Waals surface area (Å²) in [5.41, 5.74) is 1.71. The van der Waals surface area contributed by atoms with Gasteiger partial charge in [0.15, 0.2) is 17.1 Å². The van der Waals surface area contributed by atoms with Crippen molar-refractivity contribution < 1.29 is 14.3 Å². The molecule has 0 aliphatic carbocycles. The second-order valence-electron chi connectivity index (χ2n) is 7.50. The molecule has 10 heteroatoms. The third kappa shape index (κ3) is 4.20. The highest BCUT2D eigenvalue weighted by Gasteiger charge is 2.14. The Morgan fingerprint density at radius 3 is 2.38 bits per heavy atom. The monoisotopic (exact) mass is 461 g/mol. The van der Waals surface area contributed by atoms with E-state index in [1.165, 1.54) is 17.7 Å². The van der Waals surface area contributed by atoms with E-state index in [1.807, 2.05) is 6.07 Å². The van der Waals surface area contributed by atoms with Crippen molar-refractivity contribution in [3.63, 3.8) is 0 Å². The zero-order chi connectivity index (χ0) is 24.4. The molecule has 2 heterocycles. The van der Waals surface area contributed by atoms with Crippen molar-refractivity contribution in [1.29, 1.82) is 0 Å². The molecule has 2 N–H and O–H groups in total. The molecular weight excluding hydrogens is 438 g/mol. The lowest BCUT2D eigenvalue weighted by molar-refractivity contribution is -0.111. The molecule has 4 aromatic rings. The van der Waals surface area contributed by atoms with E-state index in [0.29, 0.717) is 28.6 Å². The van der Waals surface area contributed by atoms with Crippen LogP contribution in [-0.2, 0) is 18.9 Å². The first-order valence-corrected chi connectivity index (χ1v) is 10.3. The van der Waals surface area contributed by atoms with Gasteiger partial charge in [-0.2, -0.15) is 0 Å². The number of carbonyl (C=O) groups excluding carboxylic acids is 1. The molecule has 1 amide bonds. The number of hydrogen-bond donors (Lipinski definition) is 2. The molecule has 0 unspecified atom stereocenters. The largest absolute Gasteiger partial charge is 0.493 e. The van der Waals surface area contributed by atoms with Crippen molar-refractivity contribution in [3.05, 3.63) is 74.9 Å². The van der Waals surface area contributed by atoms with Crippen LogP contribution in [0, 0.1) is 0 Å². The number of aryl methyl sites for hydroxylation is 1. The molecular formula is C24H23N5O5. The molecule has 0 aliphatic heterocycles. The van der Waals surface area contributed by atoms with Gasteiger partial charge in [-0.05, 0) is 48.0 Å². The average Bonchev–Trinajstić information content (AvgIpc) is 3.31. The summed E-state index contributed by atoms with van der Waals surface area (Å²) in [6.45, 7) is 0. The SMILES string of the molecule is COc1ccc(/C=C\C(=O)Nc2ccc(-c3nc4c([nH]3)c(=O)n(C)c(=O)n4C)cc2)cc1OC. The number of amides is 1. The number of rotatable bonds is 6. The van der Waals surface area contributed by atoms with Crippen LogP contribution in [0.4, 0.5) is 5.69 Å². The van der Waals surface area contributed by atoms with E-state index in [9.17, 15) is 14.4 Å². The van der Waals surface area contributed by atoms with Gasteiger partial charge in [-0.15, -0.1) is 0 Å². The third-order valence-corrected chi connectivity index (χ3v) is 5.36. The molecule has 0 saturated carbocycles. The van der Waals surface area contributed by atoms with Crippen LogP contribution in [0.25, 0.3) is 28.6 Å². The maximum Gasteiger partial charge on any atom is 0.332 e. The molecule has 174 valence electrons. The fourth-order valence-corrected chi connectivity index (χ4v) is 3.49. The van der Waals surface area contributed by atoms with Gasteiger partial charge in [-0.1, -0.05) is 6.07 Å². The summed E-state index contributed by atoms with van der Waals surface area (Å²) >= 11 is 0. The molecule has 2 aromatic heterocycles. The van der Waals surface area contributed by atoms with Crippen LogP contribution < -0.4 is 26.0 Å². The van der Waals surface area contributed by atoms with Crippen LogP contribution >= 0.6 is 0 Å². The Hall–Kier alpha value is -4.60. The van der Waals surface area contributed by atoms with Crippen LogP contribution in [0.15, 0.2) is 58.1 Å². The Labute approximate surface area is 194 Å². The number of nitrogens with zero attached hydrogens (tertiary/aromatic N) is 3. The first-order chi connectivity index (χ1) is 16.3. The van der Waals surface area contributed by atoms with Gasteiger partial charge in [0.05, 0.1) is 14.2 Å². The minimum absolute atomic E-state index is 0.247. The molecule has 0 radical (unpaired) electrons. The fourth-order valence-electron chi connectivity index (χ4n) is 3.49. The number of nitrogens with one attached hydrogen (secondary N) is 2. The van der Waals surface area contributed by atoms with Gasteiger partial charge in [0, 0.05) is 31.4 Å². The van der Waals surface area contributed by atoms with E-state index >= 15 is 0 Å². The van der Waals surface area contributed by atoms with Crippen LogP contribution in [0.3, 0.4) is 0 Å². The number of carbonyl (C=O) groups is 1. The highest BCUT2D eigenvalue weighted by molar-refractivity contribution is 6.02. The minimum Gasteiger partial charge on any atom is -0.493 e. The van der Waals surface area contributed by atoms with Crippen LogP contribution in [-0.4, -0.2) is 39.2 Å². The van der Waals surface area contributed by atoms with Gasteiger partial charge in [-0.25, -0.2) is 9.78 Å². The standard InChI is InChI=1S/C24H23N5O5/c1-28-22-20(23(31)29(2)24(28)32)26-21(27-22)15-7-9-16(10-8-15)25-19(30)12-6-14-5-11-17(33-3)18(13-14)34-4/h5-13H,1-4H3,(H,25,30)(H,26,27)/b12-6-. The van der Waals surface area contributed by atoms with E-state index in [0.717, 1.165) is 10.1 Å². The number of fused-ring (bicyclic) bond motifs is 1.